The molecule has 1 saturated heterocycles. The lowest BCUT2D eigenvalue weighted by atomic mass is 9.74. The molecule has 0 aliphatic carbocycles. The Bertz CT molecular complexity index is 1520. The maximum atomic E-state index is 13.7. The van der Waals surface area contributed by atoms with Crippen molar-refractivity contribution >= 4 is 10.0 Å². The molecule has 0 amide bonds. The average molecular weight is 575 g/mol. The second kappa shape index (κ2) is 10.8. The van der Waals surface area contributed by atoms with Crippen molar-refractivity contribution in [3.63, 3.8) is 0 Å². The van der Waals surface area contributed by atoms with Gasteiger partial charge in [-0.1, -0.05) is 54.6 Å². The van der Waals surface area contributed by atoms with Gasteiger partial charge in [-0.2, -0.15) is 22.6 Å². The van der Waals surface area contributed by atoms with Crippen molar-refractivity contribution in [2.75, 3.05) is 33.4 Å². The summed E-state index contributed by atoms with van der Waals surface area (Å²) in [6, 6.07) is 14.3. The third kappa shape index (κ3) is 5.11. The Morgan fingerprint density at radius 3 is 2.42 bits per heavy atom. The molecule has 1 aromatic heterocycles. The fraction of sp³-hybridized carbons (Fsp3) is 0.414. The Hall–Kier alpha value is -2.99. The number of ether oxygens (including phenoxy) is 1. The van der Waals surface area contributed by atoms with Gasteiger partial charge in [-0.05, 0) is 41.7 Å². The van der Waals surface area contributed by atoms with Crippen LogP contribution in [0.2, 0.25) is 0 Å². The van der Waals surface area contributed by atoms with Gasteiger partial charge in [-0.15, -0.1) is 0 Å². The van der Waals surface area contributed by atoms with Crippen molar-refractivity contribution in [1.29, 1.82) is 0 Å². The summed E-state index contributed by atoms with van der Waals surface area (Å²) in [4.78, 5) is 1.34. The van der Waals surface area contributed by atoms with Crippen LogP contribution in [0.4, 0.5) is 13.2 Å². The van der Waals surface area contributed by atoms with Crippen LogP contribution in [0.15, 0.2) is 65.7 Å². The number of fused-ring (bicyclic) bond motifs is 1. The molecule has 5 rings (SSSR count). The average Bonchev–Trinajstić information content (AvgIpc) is 3.30. The van der Waals surface area contributed by atoms with Gasteiger partial charge in [0.05, 0.1) is 6.61 Å². The van der Waals surface area contributed by atoms with Crippen LogP contribution >= 0.6 is 0 Å². The molecule has 1 fully saturated rings. The molecule has 0 saturated carbocycles. The summed E-state index contributed by atoms with van der Waals surface area (Å²) in [7, 11) is -1.57. The SMILES string of the molecule is COC[C@@H]1[C@@H](c2ccc(-c3cccc(C)c3C)cc2)C2CN(S(=O)(=O)c3cn(C)nc3C(F)(F)F)C/C=C\CN21. The van der Waals surface area contributed by atoms with Crippen molar-refractivity contribution in [2.45, 2.75) is 42.9 Å². The van der Waals surface area contributed by atoms with Gasteiger partial charge in [0, 0.05) is 58.0 Å². The minimum atomic E-state index is -4.89. The highest BCUT2D eigenvalue weighted by Crippen LogP contribution is 2.43. The lowest BCUT2D eigenvalue weighted by Crippen LogP contribution is -2.67. The Morgan fingerprint density at radius 2 is 1.75 bits per heavy atom. The number of hydrogen-bond acceptors (Lipinski definition) is 5. The number of rotatable bonds is 6. The lowest BCUT2D eigenvalue weighted by molar-refractivity contribution is -0.143. The first-order chi connectivity index (χ1) is 18.9. The van der Waals surface area contributed by atoms with Crippen molar-refractivity contribution in [3.8, 4) is 11.1 Å². The van der Waals surface area contributed by atoms with E-state index in [2.05, 4.69) is 60.2 Å². The monoisotopic (exact) mass is 574 g/mol. The largest absolute Gasteiger partial charge is 0.436 e. The first kappa shape index (κ1) is 28.5. The van der Waals surface area contributed by atoms with Crippen molar-refractivity contribution in [1.82, 2.24) is 19.0 Å². The number of hydrogen-bond donors (Lipinski definition) is 0. The number of nitrogens with zero attached hydrogens (tertiary/aromatic N) is 4. The fourth-order valence-electron chi connectivity index (χ4n) is 5.92. The first-order valence-electron chi connectivity index (χ1n) is 13.1. The van der Waals surface area contributed by atoms with Crippen LogP contribution in [0, 0.1) is 13.8 Å². The van der Waals surface area contributed by atoms with Crippen LogP contribution in [-0.4, -0.2) is 72.8 Å². The number of aromatic nitrogens is 2. The summed E-state index contributed by atoms with van der Waals surface area (Å²) in [5.41, 5.74) is 4.30. The molecule has 214 valence electrons. The van der Waals surface area contributed by atoms with Gasteiger partial charge in [0.1, 0.15) is 4.90 Å². The van der Waals surface area contributed by atoms with E-state index in [0.717, 1.165) is 31.9 Å². The van der Waals surface area contributed by atoms with Crippen LogP contribution in [0.3, 0.4) is 0 Å². The lowest BCUT2D eigenvalue weighted by Gasteiger charge is -2.56. The third-order valence-corrected chi connectivity index (χ3v) is 9.93. The van der Waals surface area contributed by atoms with E-state index in [-0.39, 0.29) is 31.1 Å². The number of halogens is 3. The maximum absolute atomic E-state index is 13.7. The fourth-order valence-corrected chi connectivity index (χ4v) is 7.52. The van der Waals surface area contributed by atoms with Gasteiger partial charge in [0.2, 0.25) is 10.0 Å². The minimum absolute atomic E-state index is 0.00186. The normalized spacial score (nSPS) is 23.2. The van der Waals surface area contributed by atoms with E-state index in [4.69, 9.17) is 4.74 Å². The standard InChI is InChI=1S/C29H33F3N4O3S/c1-19-8-7-9-23(20(19)2)21-10-12-22(13-11-21)27-24-16-35(14-5-6-15-36(24)25(27)18-39-4)40(37,38)26-17-34(3)33-28(26)29(30,31)32/h5-13,17,24-25,27H,14-16,18H2,1-4H3/b6-5-/t24?,25-,27+/m1/s1. The number of aryl methyl sites for hydroxylation is 2. The van der Waals surface area contributed by atoms with Crippen molar-refractivity contribution < 1.29 is 26.3 Å². The van der Waals surface area contributed by atoms with Crippen molar-refractivity contribution in [2.24, 2.45) is 7.05 Å². The summed E-state index contributed by atoms with van der Waals surface area (Å²) in [5.74, 6) is -0.0622. The zero-order chi connectivity index (χ0) is 28.8. The minimum Gasteiger partial charge on any atom is -0.383 e. The van der Waals surface area contributed by atoms with Gasteiger partial charge < -0.3 is 4.74 Å². The number of alkyl halides is 3. The predicted molar refractivity (Wildman–Crippen MR) is 146 cm³/mol. The van der Waals surface area contributed by atoms with Crippen LogP contribution < -0.4 is 0 Å². The van der Waals surface area contributed by atoms with E-state index in [1.54, 1.807) is 13.2 Å². The van der Waals surface area contributed by atoms with E-state index in [1.165, 1.54) is 18.2 Å². The van der Waals surface area contributed by atoms with Gasteiger partial charge in [-0.3, -0.25) is 9.58 Å². The summed E-state index contributed by atoms with van der Waals surface area (Å²) < 4.78 is 75.8. The van der Waals surface area contributed by atoms with Crippen LogP contribution in [-0.2, 0) is 28.0 Å². The summed E-state index contributed by atoms with van der Waals surface area (Å²) >= 11 is 0. The van der Waals surface area contributed by atoms with Gasteiger partial charge in [-0.25, -0.2) is 8.42 Å². The topological polar surface area (TPSA) is 67.7 Å². The zero-order valence-electron chi connectivity index (χ0n) is 22.9. The molecule has 11 heteroatoms. The molecule has 3 heterocycles. The predicted octanol–water partition coefficient (Wildman–Crippen LogP) is 4.77. The Balaban J connectivity index is 1.48. The van der Waals surface area contributed by atoms with E-state index in [0.29, 0.717) is 13.2 Å². The molecule has 3 atom stereocenters. The van der Waals surface area contributed by atoms with Crippen LogP contribution in [0.5, 0.6) is 0 Å². The molecule has 2 aliphatic rings. The molecule has 0 N–H and O–H groups in total. The second-order valence-corrected chi connectivity index (χ2v) is 12.4. The van der Waals surface area contributed by atoms with Crippen LogP contribution in [0.25, 0.3) is 11.1 Å². The van der Waals surface area contributed by atoms with E-state index in [1.807, 2.05) is 12.1 Å². The highest BCUT2D eigenvalue weighted by atomic mass is 32.2. The maximum Gasteiger partial charge on any atom is 0.436 e. The molecular formula is C29H33F3N4O3S. The van der Waals surface area contributed by atoms with E-state index in [9.17, 15) is 21.6 Å². The molecule has 40 heavy (non-hydrogen) atoms. The summed E-state index contributed by atoms with van der Waals surface area (Å²) in [6.07, 6.45) is -0.413. The quantitative estimate of drug-likeness (QED) is 0.397. The number of methoxy groups -OCH3 is 1. The van der Waals surface area contributed by atoms with Crippen molar-refractivity contribution in [3.05, 3.63) is 83.2 Å². The highest BCUT2D eigenvalue weighted by molar-refractivity contribution is 7.89. The number of benzene rings is 2. The Morgan fingerprint density at radius 1 is 1.05 bits per heavy atom. The summed E-state index contributed by atoms with van der Waals surface area (Å²) in [5, 5.41) is 3.42. The molecule has 0 spiro atoms. The van der Waals surface area contributed by atoms with E-state index < -0.39 is 26.8 Å². The number of sulfonamides is 1. The molecule has 2 aromatic carbocycles. The second-order valence-electron chi connectivity index (χ2n) is 10.5. The molecule has 2 aliphatic heterocycles. The van der Waals surface area contributed by atoms with Gasteiger partial charge in [0.15, 0.2) is 5.69 Å². The Kier molecular flexibility index (Phi) is 7.68. The zero-order valence-corrected chi connectivity index (χ0v) is 23.7. The molecule has 3 aromatic rings. The molecule has 0 radical (unpaired) electrons. The molecule has 7 nitrogen and oxygen atoms in total. The smallest absolute Gasteiger partial charge is 0.383 e. The molecular weight excluding hydrogens is 541 g/mol. The molecule has 1 unspecified atom stereocenters. The summed E-state index contributed by atoms with van der Waals surface area (Å²) in [6.45, 7) is 5.25. The van der Waals surface area contributed by atoms with Gasteiger partial charge in [0.25, 0.3) is 0 Å². The highest BCUT2D eigenvalue weighted by Gasteiger charge is 2.51. The Labute approximate surface area is 232 Å². The first-order valence-corrected chi connectivity index (χ1v) is 14.5. The molecule has 0 bridgehead atoms. The van der Waals surface area contributed by atoms with Crippen LogP contribution in [0.1, 0.15) is 28.3 Å². The third-order valence-electron chi connectivity index (χ3n) is 8.09. The van der Waals surface area contributed by atoms with Gasteiger partial charge >= 0.3 is 6.18 Å². The van der Waals surface area contributed by atoms with E-state index >= 15 is 0 Å².